The summed E-state index contributed by atoms with van der Waals surface area (Å²) in [6.07, 6.45) is 3.62. The van der Waals surface area contributed by atoms with Gasteiger partial charge in [-0.05, 0) is 30.7 Å². The quantitative estimate of drug-likeness (QED) is 0.759. The minimum absolute atomic E-state index is 0.250. The van der Waals surface area contributed by atoms with Gasteiger partial charge in [-0.1, -0.05) is 29.8 Å². The SMILES string of the molecule is CC(NCc1[nH]c2ccccc2c1Cl)c1ccncc1. The van der Waals surface area contributed by atoms with E-state index in [1.54, 1.807) is 0 Å². The van der Waals surface area contributed by atoms with Gasteiger partial charge < -0.3 is 10.3 Å². The maximum atomic E-state index is 6.41. The van der Waals surface area contributed by atoms with Crippen LogP contribution in [0.4, 0.5) is 0 Å². The van der Waals surface area contributed by atoms with Gasteiger partial charge in [0.1, 0.15) is 0 Å². The van der Waals surface area contributed by atoms with Gasteiger partial charge in [0.15, 0.2) is 0 Å². The molecule has 0 bridgehead atoms. The largest absolute Gasteiger partial charge is 0.356 e. The van der Waals surface area contributed by atoms with Crippen molar-refractivity contribution in [1.29, 1.82) is 0 Å². The molecule has 3 nitrogen and oxygen atoms in total. The molecule has 20 heavy (non-hydrogen) atoms. The lowest BCUT2D eigenvalue weighted by molar-refractivity contribution is 0.569. The zero-order valence-corrected chi connectivity index (χ0v) is 12.0. The molecule has 1 atom stereocenters. The minimum atomic E-state index is 0.250. The molecule has 1 unspecified atom stereocenters. The first-order valence-corrected chi connectivity index (χ1v) is 7.02. The lowest BCUT2D eigenvalue weighted by Gasteiger charge is -2.13. The lowest BCUT2D eigenvalue weighted by atomic mass is 10.1. The van der Waals surface area contributed by atoms with Gasteiger partial charge in [0.25, 0.3) is 0 Å². The molecule has 0 saturated carbocycles. The van der Waals surface area contributed by atoms with Crippen LogP contribution >= 0.6 is 11.6 Å². The van der Waals surface area contributed by atoms with Crippen LogP contribution < -0.4 is 5.32 Å². The summed E-state index contributed by atoms with van der Waals surface area (Å²) in [6.45, 7) is 2.84. The van der Waals surface area contributed by atoms with E-state index in [2.05, 4.69) is 22.2 Å². The van der Waals surface area contributed by atoms with E-state index in [4.69, 9.17) is 11.6 Å². The number of H-pyrrole nitrogens is 1. The van der Waals surface area contributed by atoms with Gasteiger partial charge in [0, 0.05) is 41.6 Å². The summed E-state index contributed by atoms with van der Waals surface area (Å²) < 4.78 is 0. The Labute approximate surface area is 123 Å². The molecule has 3 aromatic rings. The lowest BCUT2D eigenvalue weighted by Crippen LogP contribution is -2.18. The molecule has 0 fully saturated rings. The highest BCUT2D eigenvalue weighted by molar-refractivity contribution is 6.36. The number of benzene rings is 1. The van der Waals surface area contributed by atoms with Crippen LogP contribution in [0.1, 0.15) is 24.2 Å². The van der Waals surface area contributed by atoms with Crippen molar-refractivity contribution in [2.24, 2.45) is 0 Å². The summed E-state index contributed by atoms with van der Waals surface area (Å²) in [7, 11) is 0. The van der Waals surface area contributed by atoms with Crippen LogP contribution in [-0.2, 0) is 6.54 Å². The number of aromatic nitrogens is 2. The average molecular weight is 286 g/mol. The summed E-state index contributed by atoms with van der Waals surface area (Å²) in [6, 6.07) is 12.4. The van der Waals surface area contributed by atoms with Crippen molar-refractivity contribution in [2.75, 3.05) is 0 Å². The van der Waals surface area contributed by atoms with Gasteiger partial charge in [-0.3, -0.25) is 4.98 Å². The van der Waals surface area contributed by atoms with E-state index in [0.29, 0.717) is 6.54 Å². The molecule has 2 heterocycles. The second-order valence-corrected chi connectivity index (χ2v) is 5.22. The predicted molar refractivity (Wildman–Crippen MR) is 82.8 cm³/mol. The van der Waals surface area contributed by atoms with E-state index in [1.807, 2.05) is 48.8 Å². The number of rotatable bonds is 4. The molecule has 0 amide bonds. The molecular weight excluding hydrogens is 270 g/mol. The third-order valence-electron chi connectivity index (χ3n) is 3.51. The average Bonchev–Trinajstić information content (AvgIpc) is 2.83. The first-order valence-electron chi connectivity index (χ1n) is 6.64. The van der Waals surface area contributed by atoms with E-state index in [0.717, 1.165) is 21.6 Å². The van der Waals surface area contributed by atoms with Crippen LogP contribution in [0.5, 0.6) is 0 Å². The number of para-hydroxylation sites is 1. The molecule has 1 aromatic carbocycles. The Hall–Kier alpha value is -1.84. The Morgan fingerprint density at radius 2 is 1.95 bits per heavy atom. The summed E-state index contributed by atoms with van der Waals surface area (Å²) in [5.74, 6) is 0. The third kappa shape index (κ3) is 2.55. The van der Waals surface area contributed by atoms with E-state index >= 15 is 0 Å². The van der Waals surface area contributed by atoms with Gasteiger partial charge in [0.05, 0.1) is 5.02 Å². The van der Waals surface area contributed by atoms with Crippen LogP contribution in [0.3, 0.4) is 0 Å². The van der Waals surface area contributed by atoms with Crippen molar-refractivity contribution < 1.29 is 0 Å². The molecule has 3 rings (SSSR count). The number of pyridine rings is 1. The van der Waals surface area contributed by atoms with Gasteiger partial charge in [-0.2, -0.15) is 0 Å². The Morgan fingerprint density at radius 1 is 1.20 bits per heavy atom. The van der Waals surface area contributed by atoms with Gasteiger partial charge in [-0.15, -0.1) is 0 Å². The molecule has 0 saturated heterocycles. The molecule has 4 heteroatoms. The van der Waals surface area contributed by atoms with E-state index < -0.39 is 0 Å². The van der Waals surface area contributed by atoms with E-state index in [1.165, 1.54) is 5.56 Å². The fraction of sp³-hybridized carbons (Fsp3) is 0.188. The molecule has 2 N–H and O–H groups in total. The molecule has 0 aliphatic rings. The number of fused-ring (bicyclic) bond motifs is 1. The number of aromatic amines is 1. The van der Waals surface area contributed by atoms with Gasteiger partial charge in [0.2, 0.25) is 0 Å². The summed E-state index contributed by atoms with van der Waals surface area (Å²) in [5, 5.41) is 5.35. The van der Waals surface area contributed by atoms with E-state index in [9.17, 15) is 0 Å². The van der Waals surface area contributed by atoms with Crippen LogP contribution in [0.25, 0.3) is 10.9 Å². The van der Waals surface area contributed by atoms with Crippen molar-refractivity contribution in [3.8, 4) is 0 Å². The van der Waals surface area contributed by atoms with Crippen molar-refractivity contribution in [2.45, 2.75) is 19.5 Å². The van der Waals surface area contributed by atoms with Crippen LogP contribution in [-0.4, -0.2) is 9.97 Å². The second kappa shape index (κ2) is 5.65. The number of nitrogens with one attached hydrogen (secondary N) is 2. The van der Waals surface area contributed by atoms with Gasteiger partial charge in [-0.25, -0.2) is 0 Å². The minimum Gasteiger partial charge on any atom is -0.356 e. The highest BCUT2D eigenvalue weighted by atomic mass is 35.5. The predicted octanol–water partition coefficient (Wildman–Crippen LogP) is 4.07. The standard InChI is InChI=1S/C16H16ClN3/c1-11(12-6-8-18-9-7-12)19-10-15-16(17)13-4-2-3-5-14(13)20-15/h2-9,11,19-20H,10H2,1H3. The zero-order chi connectivity index (χ0) is 13.9. The van der Waals surface area contributed by atoms with Crippen molar-refractivity contribution >= 4 is 22.5 Å². The number of nitrogens with zero attached hydrogens (tertiary/aromatic N) is 1. The number of halogens is 1. The summed E-state index contributed by atoms with van der Waals surface area (Å²) in [5.41, 5.74) is 3.31. The Kier molecular flexibility index (Phi) is 3.72. The highest BCUT2D eigenvalue weighted by Gasteiger charge is 2.10. The topological polar surface area (TPSA) is 40.7 Å². The highest BCUT2D eigenvalue weighted by Crippen LogP contribution is 2.27. The molecule has 0 spiro atoms. The van der Waals surface area contributed by atoms with E-state index in [-0.39, 0.29) is 6.04 Å². The number of hydrogen-bond donors (Lipinski definition) is 2. The van der Waals surface area contributed by atoms with Crippen molar-refractivity contribution in [3.05, 3.63) is 65.1 Å². The third-order valence-corrected chi connectivity index (χ3v) is 3.94. The summed E-state index contributed by atoms with van der Waals surface area (Å²) in [4.78, 5) is 7.40. The first kappa shape index (κ1) is 13.2. The second-order valence-electron chi connectivity index (χ2n) is 4.85. The molecule has 102 valence electrons. The molecule has 2 aromatic heterocycles. The fourth-order valence-electron chi connectivity index (χ4n) is 2.31. The Balaban J connectivity index is 1.76. The Bertz CT molecular complexity index is 706. The van der Waals surface area contributed by atoms with Crippen LogP contribution in [0, 0.1) is 0 Å². The maximum absolute atomic E-state index is 6.41. The maximum Gasteiger partial charge on any atom is 0.0705 e. The normalized spacial score (nSPS) is 12.7. The number of hydrogen-bond acceptors (Lipinski definition) is 2. The van der Waals surface area contributed by atoms with Crippen LogP contribution in [0.15, 0.2) is 48.8 Å². The molecule has 0 aliphatic heterocycles. The van der Waals surface area contributed by atoms with Crippen molar-refractivity contribution in [3.63, 3.8) is 0 Å². The molecule has 0 aliphatic carbocycles. The zero-order valence-electron chi connectivity index (χ0n) is 11.2. The molecular formula is C16H16ClN3. The monoisotopic (exact) mass is 285 g/mol. The summed E-state index contributed by atoms with van der Waals surface area (Å²) >= 11 is 6.41. The first-order chi connectivity index (χ1) is 9.75. The van der Waals surface area contributed by atoms with Crippen LogP contribution in [0.2, 0.25) is 5.02 Å². The smallest absolute Gasteiger partial charge is 0.0705 e. The fourth-order valence-corrected chi connectivity index (χ4v) is 2.59. The Morgan fingerprint density at radius 3 is 2.70 bits per heavy atom. The van der Waals surface area contributed by atoms with Gasteiger partial charge >= 0.3 is 0 Å². The molecule has 0 radical (unpaired) electrons. The van der Waals surface area contributed by atoms with Crippen molar-refractivity contribution in [1.82, 2.24) is 15.3 Å².